The van der Waals surface area contributed by atoms with Gasteiger partial charge in [0.25, 0.3) is 5.91 Å². The maximum atomic E-state index is 15.6. The highest BCUT2D eigenvalue weighted by Crippen LogP contribution is 2.37. The van der Waals surface area contributed by atoms with Crippen LogP contribution in [0, 0.1) is 0 Å². The average Bonchev–Trinajstić information content (AvgIpc) is 3.70. The van der Waals surface area contributed by atoms with Crippen LogP contribution in [-0.4, -0.2) is 100 Å². The predicted molar refractivity (Wildman–Crippen MR) is 264 cm³/mol. The number of benzene rings is 4. The summed E-state index contributed by atoms with van der Waals surface area (Å²) in [7, 11) is -3.53. The molecular formula is C53H69NO12Si2. The molecule has 0 unspecified atom stereocenters. The number of hydrogen-bond donors (Lipinski definition) is 0. The Kier molecular flexibility index (Phi) is 18.5. The third-order valence-corrected chi connectivity index (χ3v) is 14.6. The minimum atomic E-state index is -2.98. The Morgan fingerprint density at radius 1 is 0.647 bits per heavy atom. The Labute approximate surface area is 403 Å². The van der Waals surface area contributed by atoms with Gasteiger partial charge in [-0.25, -0.2) is 14.4 Å². The van der Waals surface area contributed by atoms with Gasteiger partial charge in [0.1, 0.15) is 30.3 Å². The molecule has 1 aliphatic heterocycles. The van der Waals surface area contributed by atoms with Gasteiger partial charge < -0.3 is 38.1 Å². The van der Waals surface area contributed by atoms with Crippen molar-refractivity contribution in [2.45, 2.75) is 134 Å². The fourth-order valence-electron chi connectivity index (χ4n) is 7.37. The minimum Gasteiger partial charge on any atom is -0.462 e. The van der Waals surface area contributed by atoms with Crippen LogP contribution in [-0.2, 0) is 65.4 Å². The fraction of sp³-hybridized carbons (Fsp3) is 0.453. The van der Waals surface area contributed by atoms with E-state index in [1.54, 1.807) is 27.7 Å². The van der Waals surface area contributed by atoms with Gasteiger partial charge in [-0.05, 0) is 93.6 Å². The number of nitrogens with zero attached hydrogens (tertiary/aromatic N) is 1. The average molecular weight is 968 g/mol. The highest BCUT2D eigenvalue weighted by Gasteiger charge is 2.66. The van der Waals surface area contributed by atoms with Crippen molar-refractivity contribution in [3.05, 3.63) is 132 Å². The van der Waals surface area contributed by atoms with Crippen molar-refractivity contribution in [3.63, 3.8) is 0 Å². The van der Waals surface area contributed by atoms with E-state index in [9.17, 15) is 19.2 Å². The van der Waals surface area contributed by atoms with Crippen LogP contribution in [0.5, 0.6) is 11.5 Å². The van der Waals surface area contributed by atoms with Crippen LogP contribution in [0.1, 0.15) is 56.7 Å². The summed E-state index contributed by atoms with van der Waals surface area (Å²) < 4.78 is 41.4. The Balaban J connectivity index is 1.59. The van der Waals surface area contributed by atoms with Crippen LogP contribution in [0.3, 0.4) is 0 Å². The molecule has 15 heteroatoms. The maximum absolute atomic E-state index is 15.6. The molecule has 13 nitrogen and oxygen atoms in total. The van der Waals surface area contributed by atoms with E-state index in [2.05, 4.69) is 39.3 Å². The highest BCUT2D eigenvalue weighted by molar-refractivity contribution is 6.76. The van der Waals surface area contributed by atoms with Crippen LogP contribution in [0.15, 0.2) is 115 Å². The number of amides is 1. The van der Waals surface area contributed by atoms with Crippen molar-refractivity contribution >= 4 is 45.9 Å². The van der Waals surface area contributed by atoms with Gasteiger partial charge in [0.15, 0.2) is 12.2 Å². The summed E-state index contributed by atoms with van der Waals surface area (Å²) in [4.78, 5) is 73.7. The summed E-state index contributed by atoms with van der Waals surface area (Å²) in [5.41, 5.74) is 1.51. The van der Waals surface area contributed by atoms with Crippen molar-refractivity contribution < 1.29 is 57.1 Å². The molecule has 1 saturated heterocycles. The first-order chi connectivity index (χ1) is 32.0. The van der Waals surface area contributed by atoms with Gasteiger partial charge in [-0.3, -0.25) is 9.59 Å². The normalized spacial score (nSPS) is 16.7. The van der Waals surface area contributed by atoms with Gasteiger partial charge in [0.2, 0.25) is 0 Å². The van der Waals surface area contributed by atoms with E-state index >= 15 is 4.79 Å². The Morgan fingerprint density at radius 2 is 1.13 bits per heavy atom. The van der Waals surface area contributed by atoms with Crippen molar-refractivity contribution in [1.29, 1.82) is 0 Å². The predicted octanol–water partition coefficient (Wildman–Crippen LogP) is 9.74. The zero-order valence-electron chi connectivity index (χ0n) is 41.3. The molecule has 0 spiro atoms. The van der Waals surface area contributed by atoms with Gasteiger partial charge in [0.05, 0.1) is 13.2 Å². The lowest BCUT2D eigenvalue weighted by Crippen LogP contribution is -2.54. The Hall–Kier alpha value is -5.62. The molecule has 4 aromatic rings. The molecule has 0 aromatic heterocycles. The molecular weight excluding hydrogens is 899 g/mol. The van der Waals surface area contributed by atoms with E-state index in [-0.39, 0.29) is 19.8 Å². The molecule has 4 atom stereocenters. The second kappa shape index (κ2) is 23.6. The van der Waals surface area contributed by atoms with Gasteiger partial charge in [0, 0.05) is 28.1 Å². The summed E-state index contributed by atoms with van der Waals surface area (Å²) >= 11 is 0. The van der Waals surface area contributed by atoms with Gasteiger partial charge in [-0.1, -0.05) is 130 Å². The number of esters is 4. The lowest BCUT2D eigenvalue weighted by atomic mass is 9.85. The molecule has 0 saturated carbocycles. The third kappa shape index (κ3) is 16.0. The van der Waals surface area contributed by atoms with Crippen molar-refractivity contribution in [3.8, 4) is 11.5 Å². The number of carbonyl (C=O) groups excluding carboxylic acids is 5. The fourth-order valence-corrected chi connectivity index (χ4v) is 8.80. The van der Waals surface area contributed by atoms with Crippen LogP contribution >= 0.6 is 0 Å². The van der Waals surface area contributed by atoms with E-state index in [4.69, 9.17) is 33.2 Å². The number of hydrogen-bond acceptors (Lipinski definition) is 12. The highest BCUT2D eigenvalue weighted by atomic mass is 28.3. The number of carbonyl (C=O) groups is 5. The Morgan fingerprint density at radius 3 is 1.65 bits per heavy atom. The van der Waals surface area contributed by atoms with Crippen molar-refractivity contribution in [2.24, 2.45) is 0 Å². The lowest BCUT2D eigenvalue weighted by molar-refractivity contribution is -0.228. The smallest absolute Gasteiger partial charge is 0.379 e. The molecule has 366 valence electrons. The van der Waals surface area contributed by atoms with Gasteiger partial charge in [-0.2, -0.15) is 0 Å². The minimum absolute atomic E-state index is 0.0738. The van der Waals surface area contributed by atoms with E-state index in [1.165, 1.54) is 4.90 Å². The van der Waals surface area contributed by atoms with Crippen molar-refractivity contribution in [1.82, 2.24) is 4.90 Å². The molecule has 68 heavy (non-hydrogen) atoms. The van der Waals surface area contributed by atoms with Crippen LogP contribution in [0.25, 0.3) is 0 Å². The molecule has 4 aromatic carbocycles. The molecule has 1 amide bonds. The van der Waals surface area contributed by atoms with Gasteiger partial charge >= 0.3 is 29.7 Å². The number of aryl methyl sites for hydroxylation is 1. The summed E-state index contributed by atoms with van der Waals surface area (Å²) in [6.45, 7) is 18.4. The molecule has 0 aliphatic carbocycles. The summed E-state index contributed by atoms with van der Waals surface area (Å²) in [6, 6.07) is 36.1. The quantitative estimate of drug-likeness (QED) is 0.0319. The molecule has 1 heterocycles. The zero-order valence-corrected chi connectivity index (χ0v) is 43.3. The molecule has 5 rings (SSSR count). The second-order valence-electron chi connectivity index (χ2n) is 20.6. The monoisotopic (exact) mass is 967 g/mol. The topological polar surface area (TPSA) is 153 Å². The molecule has 0 radical (unpaired) electrons. The molecule has 1 aliphatic rings. The van der Waals surface area contributed by atoms with Crippen LogP contribution in [0.4, 0.5) is 0 Å². The summed E-state index contributed by atoms with van der Waals surface area (Å²) in [5, 5.41) is 0. The van der Waals surface area contributed by atoms with E-state index in [0.717, 1.165) is 16.7 Å². The maximum Gasteiger partial charge on any atom is 0.379 e. The van der Waals surface area contributed by atoms with Crippen LogP contribution < -0.4 is 4.74 Å². The van der Waals surface area contributed by atoms with E-state index in [1.807, 2.05) is 115 Å². The van der Waals surface area contributed by atoms with Crippen LogP contribution in [0.2, 0.25) is 51.4 Å². The Bertz CT molecular complexity index is 2240. The number of rotatable bonds is 22. The van der Waals surface area contributed by atoms with Gasteiger partial charge in [-0.15, -0.1) is 0 Å². The summed E-state index contributed by atoms with van der Waals surface area (Å²) in [6.07, 6.45) is -2.86. The third-order valence-electron chi connectivity index (χ3n) is 11.2. The number of para-hydroxylation sites is 1. The molecule has 1 fully saturated rings. The summed E-state index contributed by atoms with van der Waals surface area (Å²) in [5.74, 6) is -7.46. The molecule has 0 bridgehead atoms. The molecule has 0 N–H and O–H groups in total. The number of ether oxygens (including phenoxy) is 7. The first kappa shape index (κ1) is 53.3. The largest absolute Gasteiger partial charge is 0.462 e. The van der Waals surface area contributed by atoms with E-state index in [0.29, 0.717) is 36.4 Å². The zero-order chi connectivity index (χ0) is 49.7. The first-order valence-corrected chi connectivity index (χ1v) is 30.7. The first-order valence-electron chi connectivity index (χ1n) is 23.3. The standard InChI is InChI=1S/C53H69NO12Si2/c1-38(44(31-26-39-20-14-11-15-21-39)41-27-29-43(30-28-41)63-42-24-18-13-19-25-42)54(36-45(55)62-37-40-22-16-12-17-23-40)48(56)46-47(49(57)66-52(2,3)4)65-53(64-46,50(58)60-32-34-67(5,6)7)51(59)61-33-35-68(8,9)10/h11-25,27-30,38,44,46-47H,26,31-37H2,1-10H3/t38-,44+,46+,47+/m1/s1. The van der Waals surface area contributed by atoms with Crippen molar-refractivity contribution in [2.75, 3.05) is 19.8 Å². The van der Waals surface area contributed by atoms with E-state index < -0.39 is 88.0 Å². The second-order valence-corrected chi connectivity index (χ2v) is 31.8. The lowest BCUT2D eigenvalue weighted by Gasteiger charge is -2.36. The SMILES string of the molecule is C[C@H]([C@H](CCc1ccccc1)c1ccc(Oc2ccccc2)cc1)N(CC(=O)OCc1ccccc1)C(=O)[C@H]1OC(C(=O)OCC[Si](C)(C)C)(C(=O)OCC[Si](C)(C)C)O[C@@H]1C(=O)OC(C)(C)C.